The van der Waals surface area contributed by atoms with Crippen LogP contribution < -0.4 is 16.0 Å². The third-order valence-electron chi connectivity index (χ3n) is 2.79. The van der Waals surface area contributed by atoms with Crippen LogP contribution in [-0.2, 0) is 4.79 Å². The van der Waals surface area contributed by atoms with Gasteiger partial charge < -0.3 is 9.64 Å². The predicted molar refractivity (Wildman–Crippen MR) is 79.2 cm³/mol. The zero-order chi connectivity index (χ0) is 15.1. The summed E-state index contributed by atoms with van der Waals surface area (Å²) in [4.78, 5) is 24.9. The molecule has 1 aromatic rings. The SMILES string of the molecule is CCN(CC)C(=O)COc1ccc(C(=O)NN)cc1Br. The fraction of sp³-hybridized carbons (Fsp3) is 0.385. The Balaban J connectivity index is 2.70. The molecule has 0 saturated heterocycles. The van der Waals surface area contributed by atoms with Gasteiger partial charge in [0, 0.05) is 18.7 Å². The van der Waals surface area contributed by atoms with Crippen LogP contribution in [0.1, 0.15) is 24.2 Å². The smallest absolute Gasteiger partial charge is 0.265 e. The van der Waals surface area contributed by atoms with Crippen molar-refractivity contribution in [3.8, 4) is 5.75 Å². The van der Waals surface area contributed by atoms with E-state index in [0.717, 1.165) is 0 Å². The number of nitrogens with two attached hydrogens (primary N) is 1. The highest BCUT2D eigenvalue weighted by Crippen LogP contribution is 2.26. The standard InChI is InChI=1S/C13H18BrN3O3/c1-3-17(4-2)12(18)8-20-11-6-5-9(7-10(11)14)13(19)16-15/h5-7H,3-4,8,15H2,1-2H3,(H,16,19). The normalized spacial score (nSPS) is 10.0. The quantitative estimate of drug-likeness (QED) is 0.463. The monoisotopic (exact) mass is 343 g/mol. The Morgan fingerprint density at radius 3 is 2.50 bits per heavy atom. The minimum Gasteiger partial charge on any atom is -0.483 e. The number of halogens is 1. The number of hydrogen-bond donors (Lipinski definition) is 2. The number of nitrogens with zero attached hydrogens (tertiary/aromatic N) is 1. The first-order chi connectivity index (χ1) is 9.53. The zero-order valence-electron chi connectivity index (χ0n) is 11.5. The van der Waals surface area contributed by atoms with Gasteiger partial charge in [0.15, 0.2) is 6.61 Å². The molecular formula is C13H18BrN3O3. The van der Waals surface area contributed by atoms with Crippen LogP contribution in [0.4, 0.5) is 0 Å². The van der Waals surface area contributed by atoms with Crippen LogP contribution in [0.25, 0.3) is 0 Å². The summed E-state index contributed by atoms with van der Waals surface area (Å²) >= 11 is 3.30. The maximum absolute atomic E-state index is 11.8. The number of hydrazine groups is 1. The van der Waals surface area contributed by atoms with Crippen molar-refractivity contribution in [1.82, 2.24) is 10.3 Å². The van der Waals surface area contributed by atoms with Gasteiger partial charge in [0.2, 0.25) is 0 Å². The Bertz CT molecular complexity index is 490. The first kappa shape index (κ1) is 16.5. The maximum atomic E-state index is 11.8. The molecule has 0 aliphatic rings. The van der Waals surface area contributed by atoms with Crippen molar-refractivity contribution in [2.75, 3.05) is 19.7 Å². The molecule has 0 atom stereocenters. The van der Waals surface area contributed by atoms with E-state index in [1.165, 1.54) is 0 Å². The number of hydrogen-bond acceptors (Lipinski definition) is 4. The number of rotatable bonds is 6. The lowest BCUT2D eigenvalue weighted by molar-refractivity contribution is -0.132. The van der Waals surface area contributed by atoms with Crippen LogP contribution in [0.5, 0.6) is 5.75 Å². The van der Waals surface area contributed by atoms with Gasteiger partial charge in [-0.25, -0.2) is 5.84 Å². The van der Waals surface area contributed by atoms with Crippen LogP contribution in [0.2, 0.25) is 0 Å². The van der Waals surface area contributed by atoms with Gasteiger partial charge in [0.1, 0.15) is 5.75 Å². The van der Waals surface area contributed by atoms with E-state index in [9.17, 15) is 9.59 Å². The minimum atomic E-state index is -0.392. The summed E-state index contributed by atoms with van der Waals surface area (Å²) < 4.78 is 6.04. The molecule has 0 spiro atoms. The average molecular weight is 344 g/mol. The third-order valence-corrected chi connectivity index (χ3v) is 3.41. The highest BCUT2D eigenvalue weighted by molar-refractivity contribution is 9.10. The van der Waals surface area contributed by atoms with Crippen molar-refractivity contribution in [2.24, 2.45) is 5.84 Å². The number of benzene rings is 1. The average Bonchev–Trinajstić information content (AvgIpc) is 2.46. The molecule has 7 heteroatoms. The molecule has 1 aromatic carbocycles. The van der Waals surface area contributed by atoms with E-state index in [-0.39, 0.29) is 12.5 Å². The van der Waals surface area contributed by atoms with Crippen molar-refractivity contribution >= 4 is 27.7 Å². The van der Waals surface area contributed by atoms with E-state index in [1.807, 2.05) is 19.3 Å². The van der Waals surface area contributed by atoms with Crippen LogP contribution in [0, 0.1) is 0 Å². The highest BCUT2D eigenvalue weighted by atomic mass is 79.9. The molecule has 0 aliphatic carbocycles. The zero-order valence-corrected chi connectivity index (χ0v) is 13.1. The summed E-state index contributed by atoms with van der Waals surface area (Å²) in [6, 6.07) is 4.77. The summed E-state index contributed by atoms with van der Waals surface area (Å²) in [6.07, 6.45) is 0. The van der Waals surface area contributed by atoms with Gasteiger partial charge in [0.25, 0.3) is 11.8 Å². The summed E-state index contributed by atoms with van der Waals surface area (Å²) in [6.45, 7) is 5.09. The molecule has 0 fully saturated rings. The Morgan fingerprint density at radius 2 is 2.00 bits per heavy atom. The van der Waals surface area contributed by atoms with Crippen molar-refractivity contribution < 1.29 is 14.3 Å². The maximum Gasteiger partial charge on any atom is 0.265 e. The van der Waals surface area contributed by atoms with Crippen LogP contribution in [-0.4, -0.2) is 36.4 Å². The molecule has 0 saturated carbocycles. The molecule has 110 valence electrons. The number of likely N-dealkylation sites (N-methyl/N-ethyl adjacent to an activating group) is 1. The molecule has 0 radical (unpaired) electrons. The second kappa shape index (κ2) is 7.86. The molecular weight excluding hydrogens is 326 g/mol. The first-order valence-electron chi connectivity index (χ1n) is 6.24. The van der Waals surface area contributed by atoms with Gasteiger partial charge in [-0.15, -0.1) is 0 Å². The van der Waals surface area contributed by atoms with Crippen molar-refractivity contribution in [2.45, 2.75) is 13.8 Å². The molecule has 0 bridgehead atoms. The molecule has 0 unspecified atom stereocenters. The van der Waals surface area contributed by atoms with Gasteiger partial charge in [-0.1, -0.05) is 0 Å². The Morgan fingerprint density at radius 1 is 1.35 bits per heavy atom. The molecule has 0 heterocycles. The van der Waals surface area contributed by atoms with E-state index in [1.54, 1.807) is 23.1 Å². The van der Waals surface area contributed by atoms with Crippen molar-refractivity contribution in [3.05, 3.63) is 28.2 Å². The number of carbonyl (C=O) groups is 2. The fourth-order valence-electron chi connectivity index (χ4n) is 1.65. The van der Waals surface area contributed by atoms with E-state index in [2.05, 4.69) is 15.9 Å². The lowest BCUT2D eigenvalue weighted by Crippen LogP contribution is -2.34. The van der Waals surface area contributed by atoms with Gasteiger partial charge in [-0.2, -0.15) is 0 Å². The number of ether oxygens (including phenoxy) is 1. The van der Waals surface area contributed by atoms with Gasteiger partial charge in [-0.05, 0) is 48.0 Å². The van der Waals surface area contributed by atoms with Crippen LogP contribution >= 0.6 is 15.9 Å². The lowest BCUT2D eigenvalue weighted by atomic mass is 10.2. The van der Waals surface area contributed by atoms with Crippen molar-refractivity contribution in [3.63, 3.8) is 0 Å². The van der Waals surface area contributed by atoms with Gasteiger partial charge in [-0.3, -0.25) is 15.0 Å². The largest absolute Gasteiger partial charge is 0.483 e. The molecule has 2 amide bonds. The Hall–Kier alpha value is -1.60. The number of amides is 2. The molecule has 0 aromatic heterocycles. The molecule has 1 rings (SSSR count). The molecule has 6 nitrogen and oxygen atoms in total. The fourth-order valence-corrected chi connectivity index (χ4v) is 2.14. The van der Waals surface area contributed by atoms with E-state index in [4.69, 9.17) is 10.6 Å². The van der Waals surface area contributed by atoms with E-state index >= 15 is 0 Å². The molecule has 3 N–H and O–H groups in total. The number of nitrogen functional groups attached to an aromatic ring is 1. The van der Waals surface area contributed by atoms with E-state index < -0.39 is 5.91 Å². The highest BCUT2D eigenvalue weighted by Gasteiger charge is 2.12. The first-order valence-corrected chi connectivity index (χ1v) is 7.03. The molecule has 20 heavy (non-hydrogen) atoms. The predicted octanol–water partition coefficient (Wildman–Crippen LogP) is 1.30. The number of carbonyl (C=O) groups excluding carboxylic acids is 2. The summed E-state index contributed by atoms with van der Waals surface area (Å²) in [7, 11) is 0. The van der Waals surface area contributed by atoms with Gasteiger partial charge in [0.05, 0.1) is 4.47 Å². The van der Waals surface area contributed by atoms with Crippen LogP contribution in [0.15, 0.2) is 22.7 Å². The summed E-state index contributed by atoms with van der Waals surface area (Å²) in [5.74, 6) is 5.09. The van der Waals surface area contributed by atoms with Crippen molar-refractivity contribution in [1.29, 1.82) is 0 Å². The Kier molecular flexibility index (Phi) is 6.47. The third kappa shape index (κ3) is 4.21. The topological polar surface area (TPSA) is 84.7 Å². The Labute approximate surface area is 126 Å². The molecule has 0 aliphatic heterocycles. The lowest BCUT2D eigenvalue weighted by Gasteiger charge is -2.19. The second-order valence-electron chi connectivity index (χ2n) is 3.97. The van der Waals surface area contributed by atoms with Gasteiger partial charge >= 0.3 is 0 Å². The van der Waals surface area contributed by atoms with Crippen LogP contribution in [0.3, 0.4) is 0 Å². The summed E-state index contributed by atoms with van der Waals surface area (Å²) in [5, 5.41) is 0. The number of nitrogens with one attached hydrogen (secondary N) is 1. The summed E-state index contributed by atoms with van der Waals surface area (Å²) in [5.41, 5.74) is 2.45. The minimum absolute atomic E-state index is 0.0390. The second-order valence-corrected chi connectivity index (χ2v) is 4.83. The van der Waals surface area contributed by atoms with E-state index in [0.29, 0.717) is 28.9 Å².